The molecule has 5 heteroatoms. The number of thiophene rings is 1. The normalized spacial score (nSPS) is 19.7. The van der Waals surface area contributed by atoms with Gasteiger partial charge in [0.15, 0.2) is 0 Å². The molecule has 2 aromatic heterocycles. The standard InChI is InChI=1S/C17H23N3OS/c1-11-13(10-20-7-3-2-4-8-20)16-15(22-11)9-14(19-16)17(21)18-12-5-6-12/h9,12,19H,2-8,10H2,1H3,(H,18,21). The number of aromatic nitrogens is 1. The van der Waals surface area contributed by atoms with Gasteiger partial charge in [-0.15, -0.1) is 11.3 Å². The molecule has 1 aliphatic carbocycles. The van der Waals surface area contributed by atoms with Crippen molar-refractivity contribution in [2.45, 2.75) is 51.6 Å². The highest BCUT2D eigenvalue weighted by molar-refractivity contribution is 7.19. The summed E-state index contributed by atoms with van der Waals surface area (Å²) in [5.41, 5.74) is 3.27. The number of nitrogens with zero attached hydrogens (tertiary/aromatic N) is 1. The second kappa shape index (κ2) is 5.70. The SMILES string of the molecule is Cc1sc2cc(C(=O)NC3CC3)[nH]c2c1CN1CCCCC1. The third-order valence-corrected chi connectivity index (χ3v) is 5.85. The number of fused-ring (bicyclic) bond motifs is 1. The lowest BCUT2D eigenvalue weighted by Gasteiger charge is -2.26. The van der Waals surface area contributed by atoms with Crippen molar-refractivity contribution in [2.24, 2.45) is 0 Å². The van der Waals surface area contributed by atoms with Gasteiger partial charge in [-0.2, -0.15) is 0 Å². The Labute approximate surface area is 134 Å². The van der Waals surface area contributed by atoms with Crippen LogP contribution in [-0.4, -0.2) is 34.9 Å². The summed E-state index contributed by atoms with van der Waals surface area (Å²) >= 11 is 1.80. The molecule has 0 aromatic carbocycles. The molecule has 1 aliphatic heterocycles. The third-order valence-electron chi connectivity index (χ3n) is 4.76. The first-order valence-electron chi connectivity index (χ1n) is 8.35. The molecule has 0 spiro atoms. The van der Waals surface area contributed by atoms with E-state index in [1.165, 1.54) is 53.0 Å². The van der Waals surface area contributed by atoms with Crippen LogP contribution in [0.2, 0.25) is 0 Å². The van der Waals surface area contributed by atoms with Crippen molar-refractivity contribution in [3.63, 3.8) is 0 Å². The zero-order valence-corrected chi connectivity index (χ0v) is 13.9. The minimum atomic E-state index is 0.0486. The molecule has 0 bridgehead atoms. The maximum absolute atomic E-state index is 12.2. The first-order chi connectivity index (χ1) is 10.7. The Bertz CT molecular complexity index is 692. The Morgan fingerprint density at radius 2 is 2.14 bits per heavy atom. The third kappa shape index (κ3) is 2.79. The van der Waals surface area contributed by atoms with Crippen LogP contribution in [0, 0.1) is 6.92 Å². The van der Waals surface area contributed by atoms with Crippen LogP contribution in [0.15, 0.2) is 6.07 Å². The summed E-state index contributed by atoms with van der Waals surface area (Å²) in [5.74, 6) is 0.0486. The molecule has 0 atom stereocenters. The van der Waals surface area contributed by atoms with Crippen molar-refractivity contribution in [3.8, 4) is 0 Å². The van der Waals surface area contributed by atoms with Crippen molar-refractivity contribution < 1.29 is 4.79 Å². The number of likely N-dealkylation sites (tertiary alicyclic amines) is 1. The lowest BCUT2D eigenvalue weighted by atomic mass is 10.1. The Balaban J connectivity index is 1.58. The van der Waals surface area contributed by atoms with E-state index in [4.69, 9.17) is 0 Å². The van der Waals surface area contributed by atoms with Gasteiger partial charge in [-0.1, -0.05) is 6.42 Å². The highest BCUT2D eigenvalue weighted by Crippen LogP contribution is 2.33. The lowest BCUT2D eigenvalue weighted by molar-refractivity contribution is 0.0947. The van der Waals surface area contributed by atoms with Gasteiger partial charge >= 0.3 is 0 Å². The predicted octanol–water partition coefficient (Wildman–Crippen LogP) is 3.42. The van der Waals surface area contributed by atoms with Crippen molar-refractivity contribution in [1.82, 2.24) is 15.2 Å². The molecule has 1 saturated carbocycles. The smallest absolute Gasteiger partial charge is 0.267 e. The minimum absolute atomic E-state index is 0.0486. The number of H-pyrrole nitrogens is 1. The van der Waals surface area contributed by atoms with Crippen LogP contribution >= 0.6 is 11.3 Å². The Kier molecular flexibility index (Phi) is 3.70. The monoisotopic (exact) mass is 317 g/mol. The van der Waals surface area contributed by atoms with E-state index < -0.39 is 0 Å². The zero-order chi connectivity index (χ0) is 15.1. The van der Waals surface area contributed by atoms with E-state index in [1.807, 2.05) is 6.07 Å². The molecule has 0 unspecified atom stereocenters. The van der Waals surface area contributed by atoms with E-state index in [0.29, 0.717) is 11.7 Å². The average molecular weight is 317 g/mol. The Morgan fingerprint density at radius 3 is 2.86 bits per heavy atom. The van der Waals surface area contributed by atoms with Crippen LogP contribution in [0.4, 0.5) is 0 Å². The average Bonchev–Trinajstić information content (AvgIpc) is 3.16. The maximum atomic E-state index is 12.2. The zero-order valence-electron chi connectivity index (χ0n) is 13.1. The molecule has 1 amide bonds. The van der Waals surface area contributed by atoms with Gasteiger partial charge in [0, 0.05) is 23.0 Å². The van der Waals surface area contributed by atoms with Crippen LogP contribution in [0.5, 0.6) is 0 Å². The quantitative estimate of drug-likeness (QED) is 0.908. The van der Waals surface area contributed by atoms with E-state index >= 15 is 0 Å². The molecule has 3 heterocycles. The van der Waals surface area contributed by atoms with Gasteiger partial charge < -0.3 is 10.3 Å². The number of carbonyl (C=O) groups is 1. The molecule has 118 valence electrons. The number of aromatic amines is 1. The molecular formula is C17H23N3OS. The van der Waals surface area contributed by atoms with E-state index in [0.717, 1.165) is 19.4 Å². The Morgan fingerprint density at radius 1 is 1.36 bits per heavy atom. The molecule has 22 heavy (non-hydrogen) atoms. The fraction of sp³-hybridized carbons (Fsp3) is 0.588. The largest absolute Gasteiger partial charge is 0.350 e. The molecule has 4 nitrogen and oxygen atoms in total. The second-order valence-corrected chi connectivity index (χ2v) is 7.90. The molecule has 4 rings (SSSR count). The van der Waals surface area contributed by atoms with Crippen molar-refractivity contribution in [3.05, 3.63) is 22.2 Å². The molecule has 2 fully saturated rings. The second-order valence-electron chi connectivity index (χ2n) is 6.64. The van der Waals surface area contributed by atoms with Crippen LogP contribution in [-0.2, 0) is 6.54 Å². The number of hydrogen-bond acceptors (Lipinski definition) is 3. The van der Waals surface area contributed by atoms with Gasteiger partial charge in [0.25, 0.3) is 5.91 Å². The summed E-state index contributed by atoms with van der Waals surface area (Å²) in [6, 6.07) is 2.42. The summed E-state index contributed by atoms with van der Waals surface area (Å²) in [4.78, 5) is 19.5. The predicted molar refractivity (Wildman–Crippen MR) is 90.5 cm³/mol. The molecule has 2 N–H and O–H groups in total. The first kappa shape index (κ1) is 14.3. The van der Waals surface area contributed by atoms with Gasteiger partial charge in [0.1, 0.15) is 5.69 Å². The highest BCUT2D eigenvalue weighted by Gasteiger charge is 2.25. The van der Waals surface area contributed by atoms with E-state index in [9.17, 15) is 4.79 Å². The lowest BCUT2D eigenvalue weighted by Crippen LogP contribution is -2.29. The van der Waals surface area contributed by atoms with Crippen LogP contribution in [0.1, 0.15) is 53.0 Å². The maximum Gasteiger partial charge on any atom is 0.267 e. The number of piperidine rings is 1. The highest BCUT2D eigenvalue weighted by atomic mass is 32.1. The fourth-order valence-corrected chi connectivity index (χ4v) is 4.36. The first-order valence-corrected chi connectivity index (χ1v) is 9.16. The topological polar surface area (TPSA) is 48.1 Å². The van der Waals surface area contributed by atoms with Crippen molar-refractivity contribution in [2.75, 3.05) is 13.1 Å². The minimum Gasteiger partial charge on any atom is -0.350 e. The summed E-state index contributed by atoms with van der Waals surface area (Å²) in [5, 5.41) is 3.06. The van der Waals surface area contributed by atoms with E-state index in [-0.39, 0.29) is 5.91 Å². The van der Waals surface area contributed by atoms with Gasteiger partial charge in [-0.3, -0.25) is 9.69 Å². The van der Waals surface area contributed by atoms with Gasteiger partial charge in [0.2, 0.25) is 0 Å². The fourth-order valence-electron chi connectivity index (χ4n) is 3.29. The number of nitrogens with one attached hydrogen (secondary N) is 2. The number of hydrogen-bond donors (Lipinski definition) is 2. The van der Waals surface area contributed by atoms with Gasteiger partial charge in [-0.05, 0) is 51.8 Å². The summed E-state index contributed by atoms with van der Waals surface area (Å²) in [7, 11) is 0. The number of rotatable bonds is 4. The number of carbonyl (C=O) groups excluding carboxylic acids is 1. The van der Waals surface area contributed by atoms with E-state index in [1.54, 1.807) is 11.3 Å². The van der Waals surface area contributed by atoms with Crippen molar-refractivity contribution >= 4 is 27.5 Å². The van der Waals surface area contributed by atoms with Crippen LogP contribution in [0.25, 0.3) is 10.2 Å². The van der Waals surface area contributed by atoms with Crippen LogP contribution < -0.4 is 5.32 Å². The summed E-state index contributed by atoms with van der Waals surface area (Å²) in [6.07, 6.45) is 6.24. The molecule has 2 aliphatic rings. The summed E-state index contributed by atoms with van der Waals surface area (Å²) < 4.78 is 1.21. The van der Waals surface area contributed by atoms with Crippen molar-refractivity contribution in [1.29, 1.82) is 0 Å². The number of aryl methyl sites for hydroxylation is 1. The number of amides is 1. The molecule has 1 saturated heterocycles. The molecule has 0 radical (unpaired) electrons. The molecular weight excluding hydrogens is 294 g/mol. The Hall–Kier alpha value is -1.33. The molecule has 2 aromatic rings. The van der Waals surface area contributed by atoms with Gasteiger partial charge in [-0.25, -0.2) is 0 Å². The van der Waals surface area contributed by atoms with E-state index in [2.05, 4.69) is 22.1 Å². The van der Waals surface area contributed by atoms with Gasteiger partial charge in [0.05, 0.1) is 10.2 Å². The van der Waals surface area contributed by atoms with Crippen LogP contribution in [0.3, 0.4) is 0 Å². The summed E-state index contributed by atoms with van der Waals surface area (Å²) in [6.45, 7) is 5.61.